The Morgan fingerprint density at radius 2 is 1.53 bits per heavy atom. The first-order valence-corrected chi connectivity index (χ1v) is 12.9. The maximum Gasteiger partial charge on any atom is 0.0708 e. The molecule has 0 fully saturated rings. The number of thiophene rings is 1. The zero-order valence-corrected chi connectivity index (χ0v) is 21.9. The molecule has 0 atom stereocenters. The van der Waals surface area contributed by atoms with E-state index in [9.17, 15) is 0 Å². The number of fused-ring (bicyclic) bond motifs is 2. The molecule has 5 aromatic rings. The van der Waals surface area contributed by atoms with Crippen LogP contribution in [0.15, 0.2) is 79.0 Å². The molecule has 0 aliphatic carbocycles. The van der Waals surface area contributed by atoms with Gasteiger partial charge < -0.3 is 0 Å². The summed E-state index contributed by atoms with van der Waals surface area (Å²) < 4.78 is 1.34. The van der Waals surface area contributed by atoms with Crippen LogP contribution < -0.4 is 0 Å². The van der Waals surface area contributed by atoms with Crippen molar-refractivity contribution < 1.29 is 0 Å². The van der Waals surface area contributed by atoms with Crippen LogP contribution in [-0.4, -0.2) is 4.98 Å². The fourth-order valence-electron chi connectivity index (χ4n) is 4.78. The number of aromatic nitrogens is 1. The Labute approximate surface area is 207 Å². The number of hydrogen-bond donors (Lipinski definition) is 0. The Morgan fingerprint density at radius 1 is 0.735 bits per heavy atom. The molecule has 5 rings (SSSR count). The van der Waals surface area contributed by atoms with E-state index in [2.05, 4.69) is 114 Å². The molecule has 0 unspecified atom stereocenters. The van der Waals surface area contributed by atoms with E-state index < -0.39 is 0 Å². The minimum Gasteiger partial charge on any atom is -0.256 e. The van der Waals surface area contributed by atoms with Crippen LogP contribution in [0.1, 0.15) is 52.7 Å². The second kappa shape index (κ2) is 8.36. The zero-order chi connectivity index (χ0) is 24.1. The normalized spacial score (nSPS) is 12.5. The first-order chi connectivity index (χ1) is 16.1. The molecule has 0 saturated carbocycles. The van der Waals surface area contributed by atoms with Gasteiger partial charge in [-0.1, -0.05) is 77.9 Å². The monoisotopic (exact) mass is 463 g/mol. The average molecular weight is 464 g/mol. The van der Waals surface area contributed by atoms with Crippen LogP contribution in [0.5, 0.6) is 0 Å². The smallest absolute Gasteiger partial charge is 0.0708 e. The molecule has 1 nitrogen and oxygen atoms in total. The van der Waals surface area contributed by atoms with Gasteiger partial charge in [-0.3, -0.25) is 4.98 Å². The van der Waals surface area contributed by atoms with E-state index in [0.717, 1.165) is 12.1 Å². The van der Waals surface area contributed by atoms with Crippen LogP contribution in [-0.2, 0) is 11.8 Å². The van der Waals surface area contributed by atoms with E-state index in [0.29, 0.717) is 0 Å². The zero-order valence-electron chi connectivity index (χ0n) is 21.1. The first-order valence-electron chi connectivity index (χ1n) is 12.1. The van der Waals surface area contributed by atoms with Gasteiger partial charge in [-0.2, -0.15) is 0 Å². The van der Waals surface area contributed by atoms with Crippen LogP contribution in [0.4, 0.5) is 0 Å². The van der Waals surface area contributed by atoms with Crippen LogP contribution in [0.2, 0.25) is 0 Å². The van der Waals surface area contributed by atoms with Gasteiger partial charge in [0.2, 0.25) is 0 Å². The third-order valence-corrected chi connectivity index (χ3v) is 7.49. The second-order valence-corrected chi connectivity index (χ2v) is 12.7. The molecule has 172 valence electrons. The van der Waals surface area contributed by atoms with E-state index in [-0.39, 0.29) is 10.8 Å². The Bertz CT molecular complexity index is 1490. The fraction of sp³-hybridized carbons (Fsp3) is 0.281. The Balaban J connectivity index is 1.57. The van der Waals surface area contributed by atoms with E-state index >= 15 is 0 Å². The first kappa shape index (κ1) is 22.8. The molecule has 0 bridgehead atoms. The molecule has 0 amide bonds. The third-order valence-electron chi connectivity index (χ3n) is 6.33. The lowest BCUT2D eigenvalue weighted by Gasteiger charge is -2.22. The van der Waals surface area contributed by atoms with Crippen LogP contribution in [0, 0.1) is 5.41 Å². The molecule has 0 radical (unpaired) electrons. The van der Waals surface area contributed by atoms with Gasteiger partial charge in [-0.05, 0) is 86.5 Å². The molecule has 0 aliphatic rings. The lowest BCUT2D eigenvalue weighted by Crippen LogP contribution is -2.12. The highest BCUT2D eigenvalue weighted by molar-refractivity contribution is 7.22. The minimum atomic E-state index is 0.0590. The van der Waals surface area contributed by atoms with Crippen molar-refractivity contribution in [3.05, 3.63) is 90.1 Å². The summed E-state index contributed by atoms with van der Waals surface area (Å²) >= 11 is 1.86. The quantitative estimate of drug-likeness (QED) is 0.259. The molecule has 2 heteroatoms. The molecule has 3 aromatic carbocycles. The van der Waals surface area contributed by atoms with Crippen molar-refractivity contribution in [2.75, 3.05) is 0 Å². The van der Waals surface area contributed by atoms with Gasteiger partial charge in [-0.25, -0.2) is 0 Å². The van der Waals surface area contributed by atoms with Gasteiger partial charge in [0.25, 0.3) is 0 Å². The largest absolute Gasteiger partial charge is 0.256 e. The van der Waals surface area contributed by atoms with Gasteiger partial charge >= 0.3 is 0 Å². The minimum absolute atomic E-state index is 0.0590. The van der Waals surface area contributed by atoms with E-state index in [4.69, 9.17) is 4.98 Å². The maximum atomic E-state index is 4.78. The topological polar surface area (TPSA) is 12.9 Å². The van der Waals surface area contributed by atoms with Gasteiger partial charge in [0.1, 0.15) is 0 Å². The summed E-state index contributed by atoms with van der Waals surface area (Å²) in [5, 5.41) is 3.93. The highest BCUT2D eigenvalue weighted by Crippen LogP contribution is 2.38. The summed E-state index contributed by atoms with van der Waals surface area (Å²) in [6.07, 6.45) is 3.04. The van der Waals surface area contributed by atoms with Crippen LogP contribution in [0.3, 0.4) is 0 Å². The Morgan fingerprint density at radius 3 is 2.29 bits per heavy atom. The highest BCUT2D eigenvalue weighted by atomic mass is 32.1. The molecular weight excluding hydrogens is 430 g/mol. The summed E-state index contributed by atoms with van der Waals surface area (Å²) in [6, 6.07) is 27.0. The maximum absolute atomic E-state index is 4.78. The number of pyridine rings is 1. The predicted octanol–water partition coefficient (Wildman–Crippen LogP) is 9.67. The number of hydrogen-bond acceptors (Lipinski definition) is 2. The van der Waals surface area contributed by atoms with Crippen molar-refractivity contribution in [2.45, 2.75) is 53.4 Å². The SMILES string of the molecule is CC(C)(C)Cc1ccc2sc(-c3ccnc(-c4cc(C(C)(C)C)c5ccccc5c4)c3)cc2c1. The van der Waals surface area contributed by atoms with Gasteiger partial charge in [0.05, 0.1) is 5.69 Å². The van der Waals surface area contributed by atoms with Crippen LogP contribution in [0.25, 0.3) is 42.6 Å². The fourth-order valence-corrected chi connectivity index (χ4v) is 5.82. The summed E-state index contributed by atoms with van der Waals surface area (Å²) in [7, 11) is 0. The molecule has 0 N–H and O–H groups in total. The van der Waals surface area contributed by atoms with E-state index in [1.54, 1.807) is 0 Å². The Kier molecular flexibility index (Phi) is 5.61. The molecule has 0 spiro atoms. The van der Waals surface area contributed by atoms with Crippen molar-refractivity contribution in [1.29, 1.82) is 0 Å². The highest BCUT2D eigenvalue weighted by Gasteiger charge is 2.19. The number of nitrogens with zero attached hydrogens (tertiary/aromatic N) is 1. The van der Waals surface area contributed by atoms with Crippen molar-refractivity contribution in [2.24, 2.45) is 5.41 Å². The van der Waals surface area contributed by atoms with Gasteiger partial charge in [-0.15, -0.1) is 11.3 Å². The summed E-state index contributed by atoms with van der Waals surface area (Å²) in [6.45, 7) is 13.8. The second-order valence-electron chi connectivity index (χ2n) is 11.6. The molecule has 2 heterocycles. The molecule has 0 aliphatic heterocycles. The lowest BCUT2D eigenvalue weighted by atomic mass is 9.82. The summed E-state index contributed by atoms with van der Waals surface area (Å²) in [4.78, 5) is 6.07. The number of rotatable bonds is 3. The summed E-state index contributed by atoms with van der Waals surface area (Å²) in [5.74, 6) is 0. The predicted molar refractivity (Wildman–Crippen MR) is 150 cm³/mol. The van der Waals surface area contributed by atoms with Crippen molar-refractivity contribution >= 4 is 32.2 Å². The molecule has 2 aromatic heterocycles. The van der Waals surface area contributed by atoms with Gasteiger partial charge in [0.15, 0.2) is 0 Å². The van der Waals surface area contributed by atoms with Gasteiger partial charge in [0, 0.05) is 21.3 Å². The molecular formula is C32H33NS. The Hall–Kier alpha value is -2.97. The van der Waals surface area contributed by atoms with E-state index in [1.807, 2.05) is 17.5 Å². The summed E-state index contributed by atoms with van der Waals surface area (Å²) in [5.41, 5.74) is 6.56. The van der Waals surface area contributed by atoms with Crippen molar-refractivity contribution in [1.82, 2.24) is 4.98 Å². The van der Waals surface area contributed by atoms with Crippen molar-refractivity contribution in [3.63, 3.8) is 0 Å². The number of benzene rings is 3. The molecule has 34 heavy (non-hydrogen) atoms. The van der Waals surface area contributed by atoms with E-state index in [1.165, 1.54) is 48.0 Å². The standard InChI is InChI=1S/C32H33NS/c1-31(2,3)20-21-11-12-29-25(15-21)19-30(34-29)23-13-14-33-28(18-23)24-16-22-9-7-8-10-26(22)27(17-24)32(4,5)6/h7-19H,20H2,1-6H3. The molecule has 0 saturated heterocycles. The van der Waals surface area contributed by atoms with Crippen molar-refractivity contribution in [3.8, 4) is 21.7 Å². The lowest BCUT2D eigenvalue weighted by molar-refractivity contribution is 0.411. The third kappa shape index (κ3) is 4.65. The van der Waals surface area contributed by atoms with Crippen LogP contribution >= 0.6 is 11.3 Å². The average Bonchev–Trinajstić information content (AvgIpc) is 3.20.